The van der Waals surface area contributed by atoms with E-state index in [1.807, 2.05) is 36.4 Å². The minimum Gasteiger partial charge on any atom is -0.356 e. The van der Waals surface area contributed by atoms with Crippen LogP contribution in [0.5, 0.6) is 0 Å². The molecular weight excluding hydrogens is 382 g/mol. The van der Waals surface area contributed by atoms with E-state index < -0.39 is 0 Å². The maximum absolute atomic E-state index is 9.05. The summed E-state index contributed by atoms with van der Waals surface area (Å²) < 4.78 is 0. The zero-order chi connectivity index (χ0) is 20.6. The summed E-state index contributed by atoms with van der Waals surface area (Å²) in [6.45, 7) is 2.55. The van der Waals surface area contributed by atoms with Crippen LogP contribution in [0.4, 0.5) is 0 Å². The second-order valence-electron chi connectivity index (χ2n) is 7.50. The second-order valence-corrected chi connectivity index (χ2v) is 7.94. The maximum atomic E-state index is 9.05. The molecule has 6 heteroatoms. The molecule has 0 aromatic heterocycles. The van der Waals surface area contributed by atoms with Gasteiger partial charge in [-0.15, -0.1) is 0 Å². The Labute approximate surface area is 178 Å². The van der Waals surface area contributed by atoms with Crippen LogP contribution in [0.15, 0.2) is 53.5 Å². The van der Waals surface area contributed by atoms with Gasteiger partial charge in [0.25, 0.3) is 0 Å². The summed E-state index contributed by atoms with van der Waals surface area (Å²) in [4.78, 5) is 6.78. The number of likely N-dealkylation sites (tertiary alicyclic amines) is 1. The molecule has 1 heterocycles. The van der Waals surface area contributed by atoms with E-state index in [4.69, 9.17) is 16.9 Å². The van der Waals surface area contributed by atoms with Crippen LogP contribution in [0.1, 0.15) is 35.6 Å². The molecule has 3 rings (SSSR count). The molecule has 2 unspecified atom stereocenters. The Balaban J connectivity index is 1.61. The van der Waals surface area contributed by atoms with Gasteiger partial charge >= 0.3 is 0 Å². The van der Waals surface area contributed by atoms with Gasteiger partial charge in [0.05, 0.1) is 11.6 Å². The molecule has 0 amide bonds. The van der Waals surface area contributed by atoms with Crippen LogP contribution in [0.2, 0.25) is 5.02 Å². The van der Waals surface area contributed by atoms with Crippen molar-refractivity contribution in [2.75, 3.05) is 27.2 Å². The van der Waals surface area contributed by atoms with Gasteiger partial charge in [0.15, 0.2) is 5.96 Å². The highest BCUT2D eigenvalue weighted by molar-refractivity contribution is 6.30. The maximum Gasteiger partial charge on any atom is 0.191 e. The lowest BCUT2D eigenvalue weighted by Gasteiger charge is -2.40. The first kappa shape index (κ1) is 21.2. The van der Waals surface area contributed by atoms with Crippen molar-refractivity contribution < 1.29 is 0 Å². The van der Waals surface area contributed by atoms with E-state index in [1.165, 1.54) is 12.0 Å². The molecule has 1 saturated heterocycles. The molecule has 1 fully saturated rings. The summed E-state index contributed by atoms with van der Waals surface area (Å²) in [5.74, 6) is 1.23. The minimum absolute atomic E-state index is 0.334. The van der Waals surface area contributed by atoms with Crippen molar-refractivity contribution in [1.82, 2.24) is 15.5 Å². The number of rotatable bonds is 5. The molecular formula is C23H28ClN5. The third-order valence-corrected chi connectivity index (χ3v) is 5.70. The minimum atomic E-state index is 0.334. The van der Waals surface area contributed by atoms with Crippen molar-refractivity contribution in [1.29, 1.82) is 5.26 Å². The average molecular weight is 410 g/mol. The molecule has 0 radical (unpaired) electrons. The fourth-order valence-electron chi connectivity index (χ4n) is 4.08. The number of halogens is 1. The molecule has 0 spiro atoms. The molecule has 2 aromatic carbocycles. The monoisotopic (exact) mass is 409 g/mol. The number of hydrogen-bond acceptors (Lipinski definition) is 3. The van der Waals surface area contributed by atoms with Gasteiger partial charge in [0.2, 0.25) is 0 Å². The van der Waals surface area contributed by atoms with E-state index in [9.17, 15) is 0 Å². The molecule has 2 N–H and O–H groups in total. The highest BCUT2D eigenvalue weighted by Gasteiger charge is 2.30. The highest BCUT2D eigenvalue weighted by atomic mass is 35.5. The SMILES string of the molecule is CN=C(NCc1cccc(C#N)c1)NCC1CCCN(C)C1c1cccc(Cl)c1. The van der Waals surface area contributed by atoms with Gasteiger partial charge in [-0.05, 0) is 67.7 Å². The zero-order valence-electron chi connectivity index (χ0n) is 17.0. The van der Waals surface area contributed by atoms with Gasteiger partial charge < -0.3 is 10.6 Å². The van der Waals surface area contributed by atoms with Crippen LogP contribution < -0.4 is 10.6 Å². The Morgan fingerprint density at radius 2 is 2.07 bits per heavy atom. The van der Waals surface area contributed by atoms with E-state index in [-0.39, 0.29) is 0 Å². The quantitative estimate of drug-likeness (QED) is 0.579. The Kier molecular flexibility index (Phi) is 7.51. The topological polar surface area (TPSA) is 63.5 Å². The summed E-state index contributed by atoms with van der Waals surface area (Å²) in [5, 5.41) is 16.7. The number of aliphatic imine (C=N–C) groups is 1. The summed E-state index contributed by atoms with van der Waals surface area (Å²) in [6, 6.07) is 18.3. The number of nitrogens with zero attached hydrogens (tertiary/aromatic N) is 3. The summed E-state index contributed by atoms with van der Waals surface area (Å²) in [6.07, 6.45) is 2.35. The van der Waals surface area contributed by atoms with Gasteiger partial charge in [0.1, 0.15) is 0 Å². The zero-order valence-corrected chi connectivity index (χ0v) is 17.8. The Hall–Kier alpha value is -2.55. The van der Waals surface area contributed by atoms with Crippen LogP contribution >= 0.6 is 11.6 Å². The van der Waals surface area contributed by atoms with E-state index in [0.717, 1.165) is 36.1 Å². The number of hydrogen-bond donors (Lipinski definition) is 2. The fourth-order valence-corrected chi connectivity index (χ4v) is 4.27. The normalized spacial score (nSPS) is 20.1. The van der Waals surface area contributed by atoms with Crippen molar-refractivity contribution in [3.05, 3.63) is 70.2 Å². The predicted octanol–water partition coefficient (Wildman–Crippen LogP) is 3.96. The van der Waals surface area contributed by atoms with Gasteiger partial charge in [-0.1, -0.05) is 35.9 Å². The first-order valence-corrected chi connectivity index (χ1v) is 10.4. The van der Waals surface area contributed by atoms with E-state index in [2.05, 4.69) is 45.8 Å². The highest BCUT2D eigenvalue weighted by Crippen LogP contribution is 2.35. The van der Waals surface area contributed by atoms with Crippen molar-refractivity contribution in [3.63, 3.8) is 0 Å². The molecule has 1 aliphatic heterocycles. The Morgan fingerprint density at radius 1 is 1.24 bits per heavy atom. The predicted molar refractivity (Wildman–Crippen MR) is 119 cm³/mol. The van der Waals surface area contributed by atoms with Gasteiger partial charge in [-0.25, -0.2) is 0 Å². The molecule has 5 nitrogen and oxygen atoms in total. The molecule has 29 heavy (non-hydrogen) atoms. The lowest BCUT2D eigenvalue weighted by Crippen LogP contribution is -2.44. The largest absolute Gasteiger partial charge is 0.356 e. The molecule has 2 atom stereocenters. The van der Waals surface area contributed by atoms with Crippen LogP contribution in [0.3, 0.4) is 0 Å². The smallest absolute Gasteiger partial charge is 0.191 e. The standard InChI is InChI=1S/C23H28ClN5/c1-26-23(27-15-18-7-3-6-17(12-18)14-25)28-16-20-9-5-11-29(2)22(20)19-8-4-10-21(24)13-19/h3-4,6-8,10,12-13,20,22H,5,9,11,15-16H2,1-2H3,(H2,26,27,28). The Bertz CT molecular complexity index is 889. The molecule has 0 aliphatic carbocycles. The van der Waals surface area contributed by atoms with Crippen molar-refractivity contribution in [2.45, 2.75) is 25.4 Å². The number of nitriles is 1. The van der Waals surface area contributed by atoms with Crippen molar-refractivity contribution in [2.24, 2.45) is 10.9 Å². The van der Waals surface area contributed by atoms with E-state index >= 15 is 0 Å². The van der Waals surface area contributed by atoms with E-state index in [1.54, 1.807) is 7.05 Å². The first-order chi connectivity index (χ1) is 14.1. The number of piperidine rings is 1. The molecule has 1 aliphatic rings. The van der Waals surface area contributed by atoms with Gasteiger partial charge in [0, 0.05) is 31.2 Å². The average Bonchev–Trinajstić information content (AvgIpc) is 2.74. The number of nitrogens with one attached hydrogen (secondary N) is 2. The lowest BCUT2D eigenvalue weighted by atomic mass is 9.85. The fraction of sp³-hybridized carbons (Fsp3) is 0.391. The summed E-state index contributed by atoms with van der Waals surface area (Å²) >= 11 is 6.25. The lowest BCUT2D eigenvalue weighted by molar-refractivity contribution is 0.122. The number of guanidine groups is 1. The molecule has 2 aromatic rings. The number of benzene rings is 2. The van der Waals surface area contributed by atoms with Crippen LogP contribution in [-0.2, 0) is 6.54 Å². The molecule has 0 saturated carbocycles. The van der Waals surface area contributed by atoms with Gasteiger partial charge in [-0.2, -0.15) is 5.26 Å². The van der Waals surface area contributed by atoms with Crippen LogP contribution in [0.25, 0.3) is 0 Å². The van der Waals surface area contributed by atoms with E-state index in [0.29, 0.717) is 24.1 Å². The third-order valence-electron chi connectivity index (χ3n) is 5.47. The van der Waals surface area contributed by atoms with Crippen LogP contribution in [0, 0.1) is 17.2 Å². The summed E-state index contributed by atoms with van der Waals surface area (Å²) in [7, 11) is 3.97. The molecule has 0 bridgehead atoms. The first-order valence-electron chi connectivity index (χ1n) is 10.00. The third kappa shape index (κ3) is 5.72. The van der Waals surface area contributed by atoms with Crippen molar-refractivity contribution in [3.8, 4) is 6.07 Å². The van der Waals surface area contributed by atoms with Gasteiger partial charge in [-0.3, -0.25) is 9.89 Å². The molecule has 152 valence electrons. The second kappa shape index (κ2) is 10.3. The van der Waals surface area contributed by atoms with Crippen LogP contribution in [-0.4, -0.2) is 38.0 Å². The Morgan fingerprint density at radius 3 is 2.83 bits per heavy atom. The summed E-state index contributed by atoms with van der Waals surface area (Å²) in [5.41, 5.74) is 2.99. The van der Waals surface area contributed by atoms with Crippen molar-refractivity contribution >= 4 is 17.6 Å².